The first-order chi connectivity index (χ1) is 5.73. The van der Waals surface area contributed by atoms with Crippen LogP contribution in [0.2, 0.25) is 0 Å². The van der Waals surface area contributed by atoms with Crippen molar-refractivity contribution in [2.24, 2.45) is 17.1 Å². The van der Waals surface area contributed by atoms with Crippen LogP contribution in [0.25, 0.3) is 0 Å². The molecule has 2 aliphatic rings. The summed E-state index contributed by atoms with van der Waals surface area (Å²) in [6.07, 6.45) is 10.2. The van der Waals surface area contributed by atoms with E-state index in [0.717, 1.165) is 11.3 Å². The Morgan fingerprint density at radius 3 is 2.58 bits per heavy atom. The van der Waals surface area contributed by atoms with E-state index in [1.165, 1.54) is 44.9 Å². The number of rotatable bonds is 2. The minimum atomic E-state index is 0.427. The first kappa shape index (κ1) is 8.55. The molecule has 1 heteroatoms. The maximum absolute atomic E-state index is 5.82. The molecule has 12 heavy (non-hydrogen) atoms. The van der Waals surface area contributed by atoms with Crippen LogP contribution in [0.3, 0.4) is 0 Å². The molecule has 2 aliphatic carbocycles. The standard InChI is InChI=1S/C11H21N/c1-9(12)7-10-8-11(10)5-3-2-4-6-11/h9-10H,2-8,12H2,1H3. The van der Waals surface area contributed by atoms with Crippen LogP contribution >= 0.6 is 0 Å². The predicted octanol–water partition coefficient (Wildman–Crippen LogP) is 2.69. The Labute approximate surface area is 75.7 Å². The van der Waals surface area contributed by atoms with E-state index in [1.807, 2.05) is 0 Å². The van der Waals surface area contributed by atoms with E-state index in [0.29, 0.717) is 6.04 Å². The molecule has 1 spiro atoms. The van der Waals surface area contributed by atoms with Crippen molar-refractivity contribution in [3.05, 3.63) is 0 Å². The first-order valence-corrected chi connectivity index (χ1v) is 5.48. The highest BCUT2D eigenvalue weighted by Gasteiger charge is 2.53. The molecule has 2 N–H and O–H groups in total. The molecule has 2 saturated carbocycles. The van der Waals surface area contributed by atoms with Gasteiger partial charge >= 0.3 is 0 Å². The van der Waals surface area contributed by atoms with Crippen molar-refractivity contribution < 1.29 is 0 Å². The monoisotopic (exact) mass is 167 g/mol. The van der Waals surface area contributed by atoms with Crippen molar-refractivity contribution in [1.82, 2.24) is 0 Å². The van der Waals surface area contributed by atoms with Gasteiger partial charge in [0.15, 0.2) is 0 Å². The van der Waals surface area contributed by atoms with Crippen LogP contribution in [0.5, 0.6) is 0 Å². The average Bonchev–Trinajstić information content (AvgIpc) is 2.63. The van der Waals surface area contributed by atoms with Gasteiger partial charge in [0.05, 0.1) is 0 Å². The normalized spacial score (nSPS) is 35.0. The molecule has 2 rings (SSSR count). The Morgan fingerprint density at radius 1 is 1.33 bits per heavy atom. The first-order valence-electron chi connectivity index (χ1n) is 5.48. The van der Waals surface area contributed by atoms with Gasteiger partial charge in [0.1, 0.15) is 0 Å². The molecule has 0 aromatic carbocycles. The Hall–Kier alpha value is -0.0400. The molecule has 2 unspecified atom stereocenters. The van der Waals surface area contributed by atoms with Gasteiger partial charge in [-0.05, 0) is 43.9 Å². The van der Waals surface area contributed by atoms with Crippen LogP contribution in [-0.2, 0) is 0 Å². The van der Waals surface area contributed by atoms with Gasteiger partial charge in [-0.15, -0.1) is 0 Å². The van der Waals surface area contributed by atoms with Crippen molar-refractivity contribution in [3.63, 3.8) is 0 Å². The second-order valence-corrected chi connectivity index (χ2v) is 5.04. The van der Waals surface area contributed by atoms with Gasteiger partial charge in [0.25, 0.3) is 0 Å². The third kappa shape index (κ3) is 1.52. The van der Waals surface area contributed by atoms with E-state index < -0.39 is 0 Å². The lowest BCUT2D eigenvalue weighted by molar-refractivity contribution is 0.298. The highest BCUT2D eigenvalue weighted by atomic mass is 14.7. The number of hydrogen-bond donors (Lipinski definition) is 1. The predicted molar refractivity (Wildman–Crippen MR) is 51.9 cm³/mol. The molecule has 1 nitrogen and oxygen atoms in total. The Morgan fingerprint density at radius 2 is 2.00 bits per heavy atom. The fourth-order valence-electron chi connectivity index (χ4n) is 3.08. The number of nitrogens with two attached hydrogens (primary N) is 1. The van der Waals surface area contributed by atoms with Crippen molar-refractivity contribution in [2.75, 3.05) is 0 Å². The summed E-state index contributed by atoms with van der Waals surface area (Å²) >= 11 is 0. The second kappa shape index (κ2) is 3.02. The average molecular weight is 167 g/mol. The maximum atomic E-state index is 5.82. The molecule has 0 bridgehead atoms. The molecule has 0 aromatic rings. The van der Waals surface area contributed by atoms with E-state index in [-0.39, 0.29) is 0 Å². The summed E-state index contributed by atoms with van der Waals surface area (Å²) in [6.45, 7) is 2.15. The van der Waals surface area contributed by atoms with Crippen molar-refractivity contribution in [3.8, 4) is 0 Å². The minimum absolute atomic E-state index is 0.427. The van der Waals surface area contributed by atoms with Crippen LogP contribution in [0.4, 0.5) is 0 Å². The van der Waals surface area contributed by atoms with E-state index in [2.05, 4.69) is 6.92 Å². The molecule has 70 valence electrons. The molecular formula is C11H21N. The third-order valence-corrected chi connectivity index (χ3v) is 3.86. The smallest absolute Gasteiger partial charge is 0.00133 e. The summed E-state index contributed by atoms with van der Waals surface area (Å²) in [5.41, 5.74) is 6.62. The van der Waals surface area contributed by atoms with Crippen molar-refractivity contribution >= 4 is 0 Å². The van der Waals surface area contributed by atoms with Crippen molar-refractivity contribution in [1.29, 1.82) is 0 Å². The van der Waals surface area contributed by atoms with E-state index in [9.17, 15) is 0 Å². The molecule has 0 saturated heterocycles. The molecule has 2 fully saturated rings. The Balaban J connectivity index is 1.83. The molecule has 0 radical (unpaired) electrons. The van der Waals surface area contributed by atoms with Crippen LogP contribution in [0, 0.1) is 11.3 Å². The van der Waals surface area contributed by atoms with Crippen LogP contribution in [0.15, 0.2) is 0 Å². The fraction of sp³-hybridized carbons (Fsp3) is 1.00. The zero-order valence-electron chi connectivity index (χ0n) is 8.18. The lowest BCUT2D eigenvalue weighted by atomic mass is 9.83. The summed E-state index contributed by atoms with van der Waals surface area (Å²) in [4.78, 5) is 0. The quantitative estimate of drug-likeness (QED) is 0.672. The van der Waals surface area contributed by atoms with Crippen LogP contribution < -0.4 is 5.73 Å². The summed E-state index contributed by atoms with van der Waals surface area (Å²) in [7, 11) is 0. The lowest BCUT2D eigenvalue weighted by Crippen LogP contribution is -2.18. The molecule has 0 aliphatic heterocycles. The van der Waals surface area contributed by atoms with Gasteiger partial charge in [-0.25, -0.2) is 0 Å². The lowest BCUT2D eigenvalue weighted by Gasteiger charge is -2.22. The molecule has 0 amide bonds. The summed E-state index contributed by atoms with van der Waals surface area (Å²) in [5.74, 6) is 0.998. The van der Waals surface area contributed by atoms with Crippen molar-refractivity contribution in [2.45, 2.75) is 57.9 Å². The van der Waals surface area contributed by atoms with E-state index in [4.69, 9.17) is 5.73 Å². The Bertz CT molecular complexity index is 156. The van der Waals surface area contributed by atoms with Gasteiger partial charge in [-0.3, -0.25) is 0 Å². The largest absolute Gasteiger partial charge is 0.328 e. The van der Waals surface area contributed by atoms with E-state index in [1.54, 1.807) is 0 Å². The highest BCUT2D eigenvalue weighted by molar-refractivity contribution is 5.03. The summed E-state index contributed by atoms with van der Waals surface area (Å²) < 4.78 is 0. The highest BCUT2D eigenvalue weighted by Crippen LogP contribution is 2.62. The molecule has 2 atom stereocenters. The van der Waals surface area contributed by atoms with E-state index >= 15 is 0 Å². The molecule has 0 heterocycles. The fourth-order valence-corrected chi connectivity index (χ4v) is 3.08. The zero-order chi connectivity index (χ0) is 8.60. The summed E-state index contributed by atoms with van der Waals surface area (Å²) in [5, 5.41) is 0. The molecular weight excluding hydrogens is 146 g/mol. The van der Waals surface area contributed by atoms with Gasteiger partial charge in [-0.2, -0.15) is 0 Å². The van der Waals surface area contributed by atoms with Gasteiger partial charge in [0.2, 0.25) is 0 Å². The van der Waals surface area contributed by atoms with Gasteiger partial charge < -0.3 is 5.73 Å². The molecule has 0 aromatic heterocycles. The third-order valence-electron chi connectivity index (χ3n) is 3.86. The topological polar surface area (TPSA) is 26.0 Å². The van der Waals surface area contributed by atoms with Crippen LogP contribution in [0.1, 0.15) is 51.9 Å². The Kier molecular flexibility index (Phi) is 2.16. The van der Waals surface area contributed by atoms with Gasteiger partial charge in [-0.1, -0.05) is 19.3 Å². The maximum Gasteiger partial charge on any atom is 0.00133 e. The van der Waals surface area contributed by atoms with Gasteiger partial charge in [0, 0.05) is 6.04 Å². The summed E-state index contributed by atoms with van der Waals surface area (Å²) in [6, 6.07) is 0.427. The zero-order valence-corrected chi connectivity index (χ0v) is 8.18. The SMILES string of the molecule is CC(N)CC1CC12CCCCC2. The minimum Gasteiger partial charge on any atom is -0.328 e. The second-order valence-electron chi connectivity index (χ2n) is 5.04. The van der Waals surface area contributed by atoms with Crippen LogP contribution in [-0.4, -0.2) is 6.04 Å². The number of hydrogen-bond acceptors (Lipinski definition) is 1.